The van der Waals surface area contributed by atoms with Crippen LogP contribution in [0.15, 0.2) is 35.2 Å². The number of carbonyl (C=O) groups excluding carboxylic acids is 3. The van der Waals surface area contributed by atoms with Gasteiger partial charge in [-0.3, -0.25) is 25.2 Å². The number of hydrogen-bond acceptors (Lipinski definition) is 6. The van der Waals surface area contributed by atoms with Crippen LogP contribution in [-0.2, 0) is 29.1 Å². The van der Waals surface area contributed by atoms with Crippen molar-refractivity contribution < 1.29 is 27.5 Å². The fraction of sp³-hybridized carbons (Fsp3) is 0.357. The molecule has 1 rings (SSSR count). The summed E-state index contributed by atoms with van der Waals surface area (Å²) in [5.74, 6) is -1.86. The van der Waals surface area contributed by atoms with Crippen molar-refractivity contribution in [3.8, 4) is 0 Å². The molecule has 3 N–H and O–H groups in total. The number of amides is 2. The lowest BCUT2D eigenvalue weighted by Crippen LogP contribution is -2.46. The minimum atomic E-state index is -3.81. The van der Waals surface area contributed by atoms with Crippen LogP contribution < -0.4 is 15.6 Å². The monoisotopic (exact) mass is 357 g/mol. The lowest BCUT2D eigenvalue weighted by molar-refractivity contribution is -0.144. The zero-order chi connectivity index (χ0) is 18.0. The molecule has 0 unspecified atom stereocenters. The maximum atomic E-state index is 11.9. The first-order valence-electron chi connectivity index (χ1n) is 7.13. The van der Waals surface area contributed by atoms with E-state index in [0.717, 1.165) is 0 Å². The molecule has 0 aliphatic carbocycles. The second-order valence-corrected chi connectivity index (χ2v) is 6.31. The van der Waals surface area contributed by atoms with Gasteiger partial charge >= 0.3 is 5.97 Å². The molecule has 0 atom stereocenters. The summed E-state index contributed by atoms with van der Waals surface area (Å²) in [5.41, 5.74) is 4.12. The first kappa shape index (κ1) is 19.6. The molecule has 10 heteroatoms. The van der Waals surface area contributed by atoms with E-state index in [-0.39, 0.29) is 24.3 Å². The first-order valence-corrected chi connectivity index (χ1v) is 8.61. The van der Waals surface area contributed by atoms with E-state index in [9.17, 15) is 22.8 Å². The Morgan fingerprint density at radius 3 is 2.25 bits per heavy atom. The van der Waals surface area contributed by atoms with Gasteiger partial charge in [-0.25, -0.2) is 13.1 Å². The average molecular weight is 357 g/mol. The number of carbonyl (C=O) groups is 3. The molecular formula is C14H19N3O6S. The third-order valence-electron chi connectivity index (χ3n) is 2.68. The van der Waals surface area contributed by atoms with Crippen LogP contribution in [0.5, 0.6) is 0 Å². The Kier molecular flexibility index (Phi) is 7.86. The predicted molar refractivity (Wildman–Crippen MR) is 83.8 cm³/mol. The normalized spacial score (nSPS) is 10.7. The summed E-state index contributed by atoms with van der Waals surface area (Å²) >= 11 is 0. The predicted octanol–water partition coefficient (Wildman–Crippen LogP) is -0.544. The molecule has 0 saturated carbocycles. The van der Waals surface area contributed by atoms with Crippen LogP contribution in [0.1, 0.15) is 19.8 Å². The zero-order valence-electron chi connectivity index (χ0n) is 13.1. The molecule has 0 fully saturated rings. The maximum absolute atomic E-state index is 11.9. The lowest BCUT2D eigenvalue weighted by Gasteiger charge is -2.09. The number of ether oxygens (including phenoxy) is 1. The number of hydrogen-bond donors (Lipinski definition) is 3. The van der Waals surface area contributed by atoms with Gasteiger partial charge < -0.3 is 4.74 Å². The Balaban J connectivity index is 2.32. The number of benzene rings is 1. The lowest BCUT2D eigenvalue weighted by atomic mass is 10.3. The molecule has 1 aromatic rings. The molecule has 0 aliphatic rings. The Hall–Kier alpha value is -2.46. The maximum Gasteiger partial charge on any atom is 0.306 e. The summed E-state index contributed by atoms with van der Waals surface area (Å²) in [6, 6.07) is 7.54. The Labute approximate surface area is 139 Å². The van der Waals surface area contributed by atoms with Crippen LogP contribution in [-0.4, -0.2) is 39.4 Å². The van der Waals surface area contributed by atoms with Gasteiger partial charge in [0, 0.05) is 6.42 Å². The van der Waals surface area contributed by atoms with Crippen LogP contribution in [0.3, 0.4) is 0 Å². The number of hydrazine groups is 1. The molecule has 0 bridgehead atoms. The van der Waals surface area contributed by atoms with E-state index >= 15 is 0 Å². The first-order chi connectivity index (χ1) is 11.3. The number of nitrogens with one attached hydrogen (secondary N) is 3. The fourth-order valence-electron chi connectivity index (χ4n) is 1.54. The highest BCUT2D eigenvalue weighted by Crippen LogP contribution is 2.06. The van der Waals surface area contributed by atoms with Crippen molar-refractivity contribution in [1.82, 2.24) is 15.6 Å². The minimum Gasteiger partial charge on any atom is -0.466 e. The summed E-state index contributed by atoms with van der Waals surface area (Å²) in [6.07, 6.45) is -0.273. The second kappa shape index (κ2) is 9.63. The number of esters is 1. The fourth-order valence-corrected chi connectivity index (χ4v) is 2.54. The van der Waals surface area contributed by atoms with E-state index in [2.05, 4.69) is 14.9 Å². The summed E-state index contributed by atoms with van der Waals surface area (Å²) in [5, 5.41) is 0. The third-order valence-corrected chi connectivity index (χ3v) is 4.10. The zero-order valence-corrected chi connectivity index (χ0v) is 13.9. The van der Waals surface area contributed by atoms with Gasteiger partial charge in [0.1, 0.15) is 0 Å². The van der Waals surface area contributed by atoms with Crippen LogP contribution >= 0.6 is 0 Å². The van der Waals surface area contributed by atoms with Gasteiger partial charge in [0.2, 0.25) is 15.9 Å². The van der Waals surface area contributed by atoms with Gasteiger partial charge in [-0.05, 0) is 19.1 Å². The van der Waals surface area contributed by atoms with E-state index in [4.69, 9.17) is 0 Å². The molecule has 1 aromatic carbocycles. The molecule has 9 nitrogen and oxygen atoms in total. The third kappa shape index (κ3) is 7.20. The van der Waals surface area contributed by atoms with Gasteiger partial charge in [0.25, 0.3) is 5.91 Å². The largest absolute Gasteiger partial charge is 0.466 e. The van der Waals surface area contributed by atoms with Crippen molar-refractivity contribution in [2.45, 2.75) is 24.7 Å². The molecule has 0 saturated heterocycles. The van der Waals surface area contributed by atoms with Crippen LogP contribution in [0, 0.1) is 0 Å². The SMILES string of the molecule is CCOC(=O)CCC(=O)NNC(=O)CNS(=O)(=O)c1ccccc1. The highest BCUT2D eigenvalue weighted by Gasteiger charge is 2.15. The highest BCUT2D eigenvalue weighted by molar-refractivity contribution is 7.89. The van der Waals surface area contributed by atoms with Crippen molar-refractivity contribution in [2.24, 2.45) is 0 Å². The Morgan fingerprint density at radius 2 is 1.62 bits per heavy atom. The van der Waals surface area contributed by atoms with Crippen molar-refractivity contribution in [3.05, 3.63) is 30.3 Å². The van der Waals surface area contributed by atoms with Crippen molar-refractivity contribution >= 4 is 27.8 Å². The summed E-state index contributed by atoms with van der Waals surface area (Å²) in [4.78, 5) is 34.0. The minimum absolute atomic E-state index is 0.0243. The quantitative estimate of drug-likeness (QED) is 0.423. The average Bonchev–Trinajstić information content (AvgIpc) is 2.57. The van der Waals surface area contributed by atoms with Gasteiger partial charge in [-0.1, -0.05) is 18.2 Å². The molecule has 2 amide bonds. The van der Waals surface area contributed by atoms with Gasteiger partial charge in [-0.15, -0.1) is 0 Å². The van der Waals surface area contributed by atoms with Gasteiger partial charge in [0.05, 0.1) is 24.5 Å². The van der Waals surface area contributed by atoms with Crippen molar-refractivity contribution in [1.29, 1.82) is 0 Å². The van der Waals surface area contributed by atoms with E-state index in [0.29, 0.717) is 0 Å². The van der Waals surface area contributed by atoms with Crippen LogP contribution in [0.2, 0.25) is 0 Å². The highest BCUT2D eigenvalue weighted by atomic mass is 32.2. The van der Waals surface area contributed by atoms with E-state index in [1.807, 2.05) is 5.43 Å². The topological polar surface area (TPSA) is 131 Å². The Morgan fingerprint density at radius 1 is 1.00 bits per heavy atom. The van der Waals surface area contributed by atoms with E-state index in [1.165, 1.54) is 12.1 Å². The van der Waals surface area contributed by atoms with E-state index < -0.39 is 34.4 Å². The molecule has 0 spiro atoms. The summed E-state index contributed by atoms with van der Waals surface area (Å²) < 4.78 is 30.5. The smallest absolute Gasteiger partial charge is 0.306 e. The molecule has 132 valence electrons. The van der Waals surface area contributed by atoms with Crippen LogP contribution in [0.25, 0.3) is 0 Å². The molecule has 24 heavy (non-hydrogen) atoms. The molecule has 0 heterocycles. The summed E-state index contributed by atoms with van der Waals surface area (Å²) in [7, 11) is -3.81. The second-order valence-electron chi connectivity index (χ2n) is 4.54. The summed E-state index contributed by atoms with van der Waals surface area (Å²) in [6.45, 7) is 1.32. The van der Waals surface area contributed by atoms with Crippen molar-refractivity contribution in [3.63, 3.8) is 0 Å². The van der Waals surface area contributed by atoms with E-state index in [1.54, 1.807) is 25.1 Å². The molecular weight excluding hydrogens is 338 g/mol. The molecule has 0 radical (unpaired) electrons. The van der Waals surface area contributed by atoms with Gasteiger partial charge in [-0.2, -0.15) is 0 Å². The molecule has 0 aliphatic heterocycles. The van der Waals surface area contributed by atoms with Crippen LogP contribution in [0.4, 0.5) is 0 Å². The van der Waals surface area contributed by atoms with Crippen molar-refractivity contribution in [2.75, 3.05) is 13.2 Å². The van der Waals surface area contributed by atoms with Gasteiger partial charge in [0.15, 0.2) is 0 Å². The standard InChI is InChI=1S/C14H19N3O6S/c1-2-23-14(20)9-8-12(18)16-17-13(19)10-15-24(21,22)11-6-4-3-5-7-11/h3-7,15H,2,8-10H2,1H3,(H,16,18)(H,17,19). The number of sulfonamides is 1. The molecule has 0 aromatic heterocycles. The number of rotatable bonds is 8. The Bertz CT molecular complexity index is 675.